The lowest BCUT2D eigenvalue weighted by molar-refractivity contribution is 0.404. The average molecular weight is 331 g/mol. The van der Waals surface area contributed by atoms with Gasteiger partial charge in [-0.3, -0.25) is 4.99 Å². The van der Waals surface area contributed by atoms with E-state index in [4.69, 9.17) is 21.1 Å². The summed E-state index contributed by atoms with van der Waals surface area (Å²) in [6, 6.07) is 10.7. The van der Waals surface area contributed by atoms with Crippen molar-refractivity contribution in [3.63, 3.8) is 0 Å². The summed E-state index contributed by atoms with van der Waals surface area (Å²) in [5, 5.41) is 11.5. The molecule has 0 bridgehead atoms. The molecule has 3 rings (SSSR count). The van der Waals surface area contributed by atoms with E-state index < -0.39 is 0 Å². The van der Waals surface area contributed by atoms with Crippen molar-refractivity contribution in [2.24, 2.45) is 4.99 Å². The van der Waals surface area contributed by atoms with E-state index in [-0.39, 0.29) is 5.88 Å². The summed E-state index contributed by atoms with van der Waals surface area (Å²) in [6.07, 6.45) is 1.57. The van der Waals surface area contributed by atoms with Crippen LogP contribution in [-0.2, 0) is 0 Å². The van der Waals surface area contributed by atoms with Crippen molar-refractivity contribution in [1.82, 2.24) is 4.98 Å². The van der Waals surface area contributed by atoms with Crippen LogP contribution in [0.3, 0.4) is 0 Å². The Morgan fingerprint density at radius 3 is 2.70 bits per heavy atom. The molecule has 5 nitrogen and oxygen atoms in total. The Morgan fingerprint density at radius 1 is 1.13 bits per heavy atom. The highest BCUT2D eigenvalue weighted by Gasteiger charge is 2.10. The Morgan fingerprint density at radius 2 is 1.96 bits per heavy atom. The fourth-order valence-corrected chi connectivity index (χ4v) is 2.51. The van der Waals surface area contributed by atoms with Gasteiger partial charge in [-0.15, -0.1) is 0 Å². The van der Waals surface area contributed by atoms with Crippen LogP contribution in [0.5, 0.6) is 17.4 Å². The number of fused-ring (bicyclic) bond motifs is 1. The molecule has 0 spiro atoms. The number of methoxy groups -OCH3 is 2. The molecule has 0 saturated heterocycles. The third-order valence-corrected chi connectivity index (χ3v) is 3.73. The van der Waals surface area contributed by atoms with Crippen molar-refractivity contribution < 1.29 is 14.6 Å². The van der Waals surface area contributed by atoms with Crippen LogP contribution in [0, 0.1) is 0 Å². The Bertz CT molecular complexity index is 887. The van der Waals surface area contributed by atoms with Gasteiger partial charge >= 0.3 is 0 Å². The second kappa shape index (κ2) is 6.22. The first-order valence-electron chi connectivity index (χ1n) is 6.88. The normalized spacial score (nSPS) is 11.3. The van der Waals surface area contributed by atoms with Gasteiger partial charge in [0.15, 0.2) is 5.88 Å². The zero-order valence-corrected chi connectivity index (χ0v) is 13.4. The first kappa shape index (κ1) is 15.2. The summed E-state index contributed by atoms with van der Waals surface area (Å²) in [6.45, 7) is 0. The molecule has 3 aromatic rings. The van der Waals surface area contributed by atoms with E-state index in [1.54, 1.807) is 56.8 Å². The lowest BCUT2D eigenvalue weighted by Gasteiger charge is -2.06. The largest absolute Gasteiger partial charge is 0.497 e. The van der Waals surface area contributed by atoms with E-state index >= 15 is 0 Å². The Kier molecular flexibility index (Phi) is 4.12. The van der Waals surface area contributed by atoms with E-state index in [0.717, 1.165) is 10.9 Å². The summed E-state index contributed by atoms with van der Waals surface area (Å²) in [5.74, 6) is 1.32. The van der Waals surface area contributed by atoms with Crippen molar-refractivity contribution in [1.29, 1.82) is 0 Å². The van der Waals surface area contributed by atoms with E-state index in [1.165, 1.54) is 0 Å². The molecule has 2 N–H and O–H groups in total. The molecule has 1 aromatic heterocycles. The molecular formula is C17H15ClN2O3. The maximum absolute atomic E-state index is 10.1. The minimum absolute atomic E-state index is 0.0351. The molecule has 0 fully saturated rings. The molecule has 0 saturated carbocycles. The van der Waals surface area contributed by atoms with Gasteiger partial charge in [-0.2, -0.15) is 0 Å². The Hall–Kier alpha value is -2.66. The first-order valence-corrected chi connectivity index (χ1v) is 7.26. The van der Waals surface area contributed by atoms with Gasteiger partial charge in [0, 0.05) is 28.2 Å². The zero-order chi connectivity index (χ0) is 16.4. The summed E-state index contributed by atoms with van der Waals surface area (Å²) in [5.41, 5.74) is 1.95. The number of aromatic nitrogens is 1. The molecule has 0 aliphatic carbocycles. The van der Waals surface area contributed by atoms with E-state index in [1.807, 2.05) is 0 Å². The fourth-order valence-electron chi connectivity index (χ4n) is 2.33. The first-order chi connectivity index (χ1) is 11.1. The number of hydrogen-bond acceptors (Lipinski definition) is 4. The SMILES string of the molecule is COc1ccc(OC)c(N=Cc2c(O)[nH]c3ccc(Cl)cc23)c1. The lowest BCUT2D eigenvalue weighted by Crippen LogP contribution is -1.87. The highest BCUT2D eigenvalue weighted by Crippen LogP contribution is 2.33. The van der Waals surface area contributed by atoms with Crippen LogP contribution in [0.25, 0.3) is 10.9 Å². The lowest BCUT2D eigenvalue weighted by atomic mass is 10.2. The predicted octanol–water partition coefficient (Wildman–Crippen LogP) is 4.29. The third kappa shape index (κ3) is 2.96. The summed E-state index contributed by atoms with van der Waals surface area (Å²) < 4.78 is 10.5. The van der Waals surface area contributed by atoms with Gasteiger partial charge < -0.3 is 19.6 Å². The van der Waals surface area contributed by atoms with Crippen molar-refractivity contribution in [3.05, 3.63) is 47.0 Å². The minimum atomic E-state index is 0.0351. The molecule has 0 radical (unpaired) electrons. The van der Waals surface area contributed by atoms with Crippen LogP contribution in [0.15, 0.2) is 41.4 Å². The number of aromatic hydroxyl groups is 1. The molecule has 0 atom stereocenters. The van der Waals surface area contributed by atoms with Crippen molar-refractivity contribution >= 4 is 34.4 Å². The third-order valence-electron chi connectivity index (χ3n) is 3.50. The Labute approximate surface area is 138 Å². The number of aromatic amines is 1. The molecular weight excluding hydrogens is 316 g/mol. The van der Waals surface area contributed by atoms with Crippen LogP contribution < -0.4 is 9.47 Å². The van der Waals surface area contributed by atoms with Gasteiger partial charge in [-0.05, 0) is 30.3 Å². The number of ether oxygens (including phenoxy) is 2. The number of rotatable bonds is 4. The molecule has 0 aliphatic heterocycles. The van der Waals surface area contributed by atoms with Gasteiger partial charge in [0.25, 0.3) is 0 Å². The van der Waals surface area contributed by atoms with Crippen LogP contribution in [0.1, 0.15) is 5.56 Å². The van der Waals surface area contributed by atoms with E-state index in [2.05, 4.69) is 9.98 Å². The maximum atomic E-state index is 10.1. The molecule has 0 amide bonds. The molecule has 0 unspecified atom stereocenters. The van der Waals surface area contributed by atoms with E-state index in [9.17, 15) is 5.11 Å². The van der Waals surface area contributed by atoms with Crippen LogP contribution in [0.2, 0.25) is 5.02 Å². The highest BCUT2D eigenvalue weighted by atomic mass is 35.5. The number of nitrogens with one attached hydrogen (secondary N) is 1. The number of benzene rings is 2. The van der Waals surface area contributed by atoms with Crippen molar-refractivity contribution in [2.75, 3.05) is 14.2 Å². The topological polar surface area (TPSA) is 66.8 Å². The Balaban J connectivity index is 2.06. The zero-order valence-electron chi connectivity index (χ0n) is 12.6. The summed E-state index contributed by atoms with van der Waals surface area (Å²) in [7, 11) is 3.16. The number of hydrogen-bond donors (Lipinski definition) is 2. The molecule has 0 aliphatic rings. The van der Waals surface area contributed by atoms with Crippen LogP contribution in [0.4, 0.5) is 5.69 Å². The fraction of sp³-hybridized carbons (Fsp3) is 0.118. The standard InChI is InChI=1S/C17H15ClN2O3/c1-22-11-4-6-16(23-2)15(8-11)19-9-13-12-7-10(18)3-5-14(12)20-17(13)21/h3-9,20-21H,1-2H3. The quantitative estimate of drug-likeness (QED) is 0.701. The number of halogens is 1. The molecule has 118 valence electrons. The highest BCUT2D eigenvalue weighted by molar-refractivity contribution is 6.31. The number of H-pyrrole nitrogens is 1. The summed E-state index contributed by atoms with van der Waals surface area (Å²) in [4.78, 5) is 7.31. The van der Waals surface area contributed by atoms with Gasteiger partial charge in [-0.25, -0.2) is 0 Å². The number of nitrogens with zero attached hydrogens (tertiary/aromatic N) is 1. The van der Waals surface area contributed by atoms with Gasteiger partial charge in [0.05, 0.1) is 19.8 Å². The summed E-state index contributed by atoms with van der Waals surface area (Å²) >= 11 is 6.03. The average Bonchev–Trinajstić information content (AvgIpc) is 2.87. The van der Waals surface area contributed by atoms with E-state index in [0.29, 0.717) is 27.8 Å². The minimum Gasteiger partial charge on any atom is -0.497 e. The predicted molar refractivity (Wildman–Crippen MR) is 91.8 cm³/mol. The van der Waals surface area contributed by atoms with Gasteiger partial charge in [0.2, 0.25) is 0 Å². The second-order valence-electron chi connectivity index (χ2n) is 4.87. The molecule has 23 heavy (non-hydrogen) atoms. The monoisotopic (exact) mass is 330 g/mol. The smallest absolute Gasteiger partial charge is 0.198 e. The van der Waals surface area contributed by atoms with Crippen LogP contribution >= 0.6 is 11.6 Å². The van der Waals surface area contributed by atoms with Gasteiger partial charge in [-0.1, -0.05) is 11.6 Å². The second-order valence-corrected chi connectivity index (χ2v) is 5.31. The maximum Gasteiger partial charge on any atom is 0.198 e. The van der Waals surface area contributed by atoms with Crippen LogP contribution in [-0.4, -0.2) is 30.5 Å². The number of aliphatic imine (C=N–C) groups is 1. The van der Waals surface area contributed by atoms with Gasteiger partial charge in [0.1, 0.15) is 17.2 Å². The molecule has 6 heteroatoms. The van der Waals surface area contributed by atoms with Crippen molar-refractivity contribution in [2.45, 2.75) is 0 Å². The molecule has 2 aromatic carbocycles. The molecule has 1 heterocycles. The van der Waals surface area contributed by atoms with Crippen molar-refractivity contribution in [3.8, 4) is 17.4 Å².